The van der Waals surface area contributed by atoms with Gasteiger partial charge in [0, 0.05) is 20.5 Å². The number of rotatable bonds is 4. The molecule has 0 fully saturated rings. The van der Waals surface area contributed by atoms with Gasteiger partial charge >= 0.3 is 0 Å². The van der Waals surface area contributed by atoms with Gasteiger partial charge in [-0.05, 0) is 34.9 Å². The number of nitrogens with zero attached hydrogens (tertiary/aromatic N) is 4. The Morgan fingerprint density at radius 2 is 1.95 bits per heavy atom. The third-order valence-corrected chi connectivity index (χ3v) is 3.02. The third kappa shape index (κ3) is 3.51. The van der Waals surface area contributed by atoms with Gasteiger partial charge in [-0.3, -0.25) is 4.98 Å². The quantitative estimate of drug-likeness (QED) is 0.456. The van der Waals surface area contributed by atoms with Gasteiger partial charge < -0.3 is 4.74 Å². The number of ether oxygens (including phenoxy) is 1. The molecule has 2 aromatic rings. The van der Waals surface area contributed by atoms with Crippen molar-refractivity contribution in [1.29, 1.82) is 0 Å². The molecule has 0 aliphatic heterocycles. The van der Waals surface area contributed by atoms with Crippen LogP contribution in [0, 0.1) is 0 Å². The van der Waals surface area contributed by atoms with E-state index in [2.05, 4.69) is 15.0 Å². The molecule has 0 radical (unpaired) electrons. The summed E-state index contributed by atoms with van der Waals surface area (Å²) in [4.78, 5) is 6.55. The summed E-state index contributed by atoms with van der Waals surface area (Å²) in [5.41, 5.74) is 8.97. The van der Waals surface area contributed by atoms with Crippen LogP contribution in [0.4, 0.5) is 5.82 Å². The molecule has 5 nitrogen and oxygen atoms in total. The maximum absolute atomic E-state index is 8.26. The Bertz CT molecular complexity index is 604. The van der Waals surface area contributed by atoms with Crippen LogP contribution < -0.4 is 4.74 Å². The number of halogens is 2. The van der Waals surface area contributed by atoms with E-state index in [0.717, 1.165) is 0 Å². The number of azide groups is 1. The van der Waals surface area contributed by atoms with Gasteiger partial charge in [-0.15, -0.1) is 0 Å². The van der Waals surface area contributed by atoms with Gasteiger partial charge in [-0.2, -0.15) is 0 Å². The van der Waals surface area contributed by atoms with Gasteiger partial charge in [-0.25, -0.2) is 0 Å². The summed E-state index contributed by atoms with van der Waals surface area (Å²) in [6, 6.07) is 8.47. The van der Waals surface area contributed by atoms with Gasteiger partial charge in [0.25, 0.3) is 0 Å². The van der Waals surface area contributed by atoms with E-state index in [4.69, 9.17) is 33.5 Å². The summed E-state index contributed by atoms with van der Waals surface area (Å²) in [5.74, 6) is 0.818. The molecule has 1 aromatic carbocycles. The Morgan fingerprint density at radius 3 is 2.53 bits per heavy atom. The van der Waals surface area contributed by atoms with Crippen LogP contribution in [0.5, 0.6) is 5.75 Å². The molecule has 0 N–H and O–H groups in total. The smallest absolute Gasteiger partial charge is 0.138 e. The van der Waals surface area contributed by atoms with E-state index in [1.165, 1.54) is 6.20 Å². The zero-order chi connectivity index (χ0) is 13.7. The van der Waals surface area contributed by atoms with Crippen molar-refractivity contribution in [3.05, 3.63) is 62.6 Å². The molecule has 0 atom stereocenters. The lowest BCUT2D eigenvalue weighted by molar-refractivity contribution is 0.305. The number of benzene rings is 1. The van der Waals surface area contributed by atoms with Crippen molar-refractivity contribution in [3.8, 4) is 5.75 Å². The molecule has 0 aliphatic carbocycles. The molecule has 96 valence electrons. The fourth-order valence-electron chi connectivity index (χ4n) is 1.39. The second kappa shape index (κ2) is 6.29. The van der Waals surface area contributed by atoms with Crippen LogP contribution >= 0.6 is 23.2 Å². The van der Waals surface area contributed by atoms with E-state index in [9.17, 15) is 0 Å². The third-order valence-electron chi connectivity index (χ3n) is 2.31. The maximum atomic E-state index is 8.26. The molecule has 0 spiro atoms. The second-order valence-electron chi connectivity index (χ2n) is 3.53. The molecular weight excluding hydrogens is 287 g/mol. The minimum absolute atomic E-state index is 0.237. The highest BCUT2D eigenvalue weighted by atomic mass is 35.5. The van der Waals surface area contributed by atoms with Crippen molar-refractivity contribution in [2.45, 2.75) is 6.61 Å². The minimum atomic E-state index is 0.237. The van der Waals surface area contributed by atoms with E-state index in [1.54, 1.807) is 30.3 Å². The van der Waals surface area contributed by atoms with Crippen molar-refractivity contribution in [2.75, 3.05) is 0 Å². The van der Waals surface area contributed by atoms with Crippen LogP contribution in [0.25, 0.3) is 10.4 Å². The molecule has 19 heavy (non-hydrogen) atoms. The van der Waals surface area contributed by atoms with Crippen molar-refractivity contribution in [1.82, 2.24) is 4.98 Å². The maximum Gasteiger partial charge on any atom is 0.138 e. The minimum Gasteiger partial charge on any atom is -0.487 e. The van der Waals surface area contributed by atoms with Crippen LogP contribution in [-0.2, 0) is 6.61 Å². The second-order valence-corrected chi connectivity index (χ2v) is 4.34. The number of hydrogen-bond donors (Lipinski definition) is 0. The molecule has 1 aromatic heterocycles. The molecule has 0 aliphatic rings. The zero-order valence-electron chi connectivity index (χ0n) is 9.62. The molecule has 7 heteroatoms. The highest BCUT2D eigenvalue weighted by Crippen LogP contribution is 2.26. The van der Waals surface area contributed by atoms with E-state index < -0.39 is 0 Å². The standard InChI is InChI=1S/C12H8Cl2N4O/c13-10-2-1-3-11(14)9(10)7-19-8-4-5-12(16-6-8)17-18-15/h1-6H,7H2. The molecule has 0 unspecified atom stereocenters. The number of pyridine rings is 1. The van der Waals surface area contributed by atoms with Gasteiger partial charge in [0.2, 0.25) is 0 Å². The summed E-state index contributed by atoms with van der Waals surface area (Å²) < 4.78 is 5.52. The van der Waals surface area contributed by atoms with Crippen LogP contribution in [0.2, 0.25) is 10.0 Å². The summed E-state index contributed by atoms with van der Waals surface area (Å²) in [7, 11) is 0. The van der Waals surface area contributed by atoms with Crippen molar-refractivity contribution in [2.24, 2.45) is 5.11 Å². The zero-order valence-corrected chi connectivity index (χ0v) is 11.1. The highest BCUT2D eigenvalue weighted by molar-refractivity contribution is 6.35. The number of aromatic nitrogens is 1. The largest absolute Gasteiger partial charge is 0.487 e. The van der Waals surface area contributed by atoms with E-state index in [-0.39, 0.29) is 12.4 Å². The van der Waals surface area contributed by atoms with Crippen LogP contribution in [0.1, 0.15) is 5.56 Å². The predicted molar refractivity (Wildman–Crippen MR) is 73.8 cm³/mol. The average Bonchev–Trinajstić information content (AvgIpc) is 2.40. The summed E-state index contributed by atoms with van der Waals surface area (Å²) in [6.45, 7) is 0.237. The molecule has 0 bridgehead atoms. The van der Waals surface area contributed by atoms with Gasteiger partial charge in [0.05, 0.1) is 6.20 Å². The Kier molecular flexibility index (Phi) is 4.47. The van der Waals surface area contributed by atoms with Crippen molar-refractivity contribution in [3.63, 3.8) is 0 Å². The molecule has 0 saturated carbocycles. The Labute approximate surface area is 119 Å². The van der Waals surface area contributed by atoms with Crippen molar-refractivity contribution < 1.29 is 4.74 Å². The van der Waals surface area contributed by atoms with E-state index in [1.807, 2.05) is 0 Å². The van der Waals surface area contributed by atoms with Crippen LogP contribution in [-0.4, -0.2) is 4.98 Å². The van der Waals surface area contributed by atoms with Crippen molar-refractivity contribution >= 4 is 29.0 Å². The summed E-state index contributed by atoms with van der Waals surface area (Å²) in [5, 5.41) is 4.46. The first-order valence-electron chi connectivity index (χ1n) is 5.27. The first kappa shape index (κ1) is 13.5. The first-order valence-corrected chi connectivity index (χ1v) is 6.03. The molecule has 0 amide bonds. The van der Waals surface area contributed by atoms with Gasteiger partial charge in [0.1, 0.15) is 18.2 Å². The monoisotopic (exact) mass is 294 g/mol. The molecule has 0 saturated heterocycles. The SMILES string of the molecule is [N-]=[N+]=Nc1ccc(OCc2c(Cl)cccc2Cl)cn1. The van der Waals surface area contributed by atoms with E-state index in [0.29, 0.717) is 21.4 Å². The van der Waals surface area contributed by atoms with E-state index >= 15 is 0 Å². The number of hydrogen-bond acceptors (Lipinski definition) is 3. The normalized spacial score (nSPS) is 9.79. The summed E-state index contributed by atoms with van der Waals surface area (Å²) >= 11 is 12.1. The topological polar surface area (TPSA) is 70.9 Å². The first-order chi connectivity index (χ1) is 9.20. The van der Waals surface area contributed by atoms with Crippen LogP contribution in [0.3, 0.4) is 0 Å². The average molecular weight is 295 g/mol. The molecule has 2 rings (SSSR count). The Hall–Kier alpha value is -1.94. The Balaban J connectivity index is 2.08. The van der Waals surface area contributed by atoms with Gasteiger partial charge in [0.15, 0.2) is 0 Å². The lowest BCUT2D eigenvalue weighted by Crippen LogP contribution is -1.97. The predicted octanol–water partition coefficient (Wildman–Crippen LogP) is 4.91. The lowest BCUT2D eigenvalue weighted by atomic mass is 10.2. The fourth-order valence-corrected chi connectivity index (χ4v) is 1.90. The fraction of sp³-hybridized carbons (Fsp3) is 0.0833. The Morgan fingerprint density at radius 1 is 1.21 bits per heavy atom. The molecular formula is C12H8Cl2N4O. The lowest BCUT2D eigenvalue weighted by Gasteiger charge is -2.09. The highest BCUT2D eigenvalue weighted by Gasteiger charge is 2.06. The summed E-state index contributed by atoms with van der Waals surface area (Å²) in [6.07, 6.45) is 1.47. The molecule has 1 heterocycles. The van der Waals surface area contributed by atoms with Crippen LogP contribution in [0.15, 0.2) is 41.6 Å². The van der Waals surface area contributed by atoms with Gasteiger partial charge in [-0.1, -0.05) is 29.3 Å².